The molecule has 0 saturated carbocycles. The van der Waals surface area contributed by atoms with Gasteiger partial charge in [0.05, 0.1) is 5.02 Å². The minimum Gasteiger partial charge on any atom is -0.288 e. The zero-order chi connectivity index (χ0) is 7.56. The fourth-order valence-electron chi connectivity index (χ4n) is 0.586. The molecule has 52 valence electrons. The van der Waals surface area contributed by atoms with Crippen LogP contribution in [0, 0.1) is 6.92 Å². The van der Waals surface area contributed by atoms with Gasteiger partial charge in [-0.05, 0) is 13.0 Å². The minimum atomic E-state index is -0.154. The van der Waals surface area contributed by atoms with Crippen molar-refractivity contribution in [2.45, 2.75) is 6.92 Å². The zero-order valence-corrected chi connectivity index (χ0v) is 6.22. The third-order valence-corrected chi connectivity index (χ3v) is 1.45. The Labute approximate surface area is 63.5 Å². The van der Waals surface area contributed by atoms with Gasteiger partial charge in [0.1, 0.15) is 0 Å². The third-order valence-electron chi connectivity index (χ3n) is 1.15. The molecule has 0 aliphatic carbocycles. The Morgan fingerprint density at radius 3 is 3.00 bits per heavy atom. The Kier molecular flexibility index (Phi) is 2.02. The Hall–Kier alpha value is -0.890. The van der Waals surface area contributed by atoms with Crippen molar-refractivity contribution in [1.29, 1.82) is 0 Å². The van der Waals surface area contributed by atoms with Crippen LogP contribution in [0.1, 0.15) is 5.56 Å². The number of halogens is 1. The number of hydrogen-bond donors (Lipinski definition) is 0. The number of nitrogens with zero attached hydrogens (tertiary/aromatic N) is 1. The Bertz CT molecular complexity index is 270. The first-order chi connectivity index (χ1) is 4.72. The van der Waals surface area contributed by atoms with Crippen LogP contribution in [0.25, 0.3) is 0 Å². The molecule has 0 radical (unpaired) electrons. The summed E-state index contributed by atoms with van der Waals surface area (Å²) in [7, 11) is 0. The first-order valence-corrected chi connectivity index (χ1v) is 3.20. The van der Waals surface area contributed by atoms with E-state index < -0.39 is 0 Å². The minimum absolute atomic E-state index is 0.154. The second-order valence-corrected chi connectivity index (χ2v) is 2.36. The second-order valence-electron chi connectivity index (χ2n) is 1.95. The van der Waals surface area contributed by atoms with Crippen molar-refractivity contribution >= 4 is 11.6 Å². The third kappa shape index (κ3) is 1.33. The van der Waals surface area contributed by atoms with E-state index in [0.717, 1.165) is 0 Å². The maximum absolute atomic E-state index is 11.0. The molecular weight excluding hydrogens is 150 g/mol. The number of rotatable bonds is 0. The Balaban J connectivity index is 3.53. The van der Waals surface area contributed by atoms with Gasteiger partial charge in [0.2, 0.25) is 5.43 Å². The monoisotopic (exact) mass is 155 g/mol. The molecule has 0 N–H and O–H groups in total. The molecule has 0 aromatic carbocycles. The molecule has 0 aliphatic rings. The summed E-state index contributed by atoms with van der Waals surface area (Å²) < 4.78 is 0. The summed E-state index contributed by atoms with van der Waals surface area (Å²) in [4.78, 5) is 14.8. The van der Waals surface area contributed by atoms with Crippen LogP contribution >= 0.6 is 11.6 Å². The largest absolute Gasteiger partial charge is 0.288 e. The van der Waals surface area contributed by atoms with Crippen molar-refractivity contribution in [3.8, 4) is 0 Å². The molecule has 1 aromatic heterocycles. The molecule has 0 spiro atoms. The van der Waals surface area contributed by atoms with Gasteiger partial charge in [-0.1, -0.05) is 11.6 Å². The zero-order valence-electron chi connectivity index (χ0n) is 5.47. The lowest BCUT2D eigenvalue weighted by Crippen LogP contribution is -2.00. The van der Waals surface area contributed by atoms with Gasteiger partial charge in [-0.3, -0.25) is 9.78 Å². The smallest absolute Gasteiger partial charge is 0.201 e. The second kappa shape index (κ2) is 2.80. The summed E-state index contributed by atoms with van der Waals surface area (Å²) in [5.74, 6) is 0. The van der Waals surface area contributed by atoms with Crippen LogP contribution in [0.4, 0.5) is 0 Å². The Morgan fingerprint density at radius 2 is 2.30 bits per heavy atom. The molecule has 0 aliphatic heterocycles. The van der Waals surface area contributed by atoms with Crippen LogP contribution in [0.2, 0.25) is 5.02 Å². The highest BCUT2D eigenvalue weighted by Gasteiger charge is 1.93. The van der Waals surface area contributed by atoms with Gasteiger partial charge in [0.25, 0.3) is 0 Å². The van der Waals surface area contributed by atoms with Crippen molar-refractivity contribution in [3.63, 3.8) is 0 Å². The molecule has 0 fully saturated rings. The van der Waals surface area contributed by atoms with Crippen LogP contribution < -0.4 is 5.43 Å². The number of aromatic nitrogens is 1. The molecule has 0 unspecified atom stereocenters. The fourth-order valence-corrected chi connectivity index (χ4v) is 0.791. The molecule has 0 bridgehead atoms. The summed E-state index contributed by atoms with van der Waals surface area (Å²) in [6, 6.07) is 1.48. The molecule has 0 atom stereocenters. The standard InChI is InChI=1S/C7H6ClNO/c1-5-4-9-3-2-6(8)7(5)10/h2-4H,1H3. The summed E-state index contributed by atoms with van der Waals surface area (Å²) in [6.45, 7) is 1.68. The molecule has 0 amide bonds. The molecule has 1 rings (SSSR count). The van der Waals surface area contributed by atoms with Crippen LogP contribution in [0.5, 0.6) is 0 Å². The van der Waals surface area contributed by atoms with Crippen molar-refractivity contribution in [2.24, 2.45) is 0 Å². The quantitative estimate of drug-likeness (QED) is 0.567. The average Bonchev–Trinajstić information content (AvgIpc) is 2.04. The summed E-state index contributed by atoms with van der Waals surface area (Å²) in [5.41, 5.74) is 0.411. The lowest BCUT2D eigenvalue weighted by molar-refractivity contribution is 1.30. The van der Waals surface area contributed by atoms with Crippen molar-refractivity contribution in [1.82, 2.24) is 4.98 Å². The number of aryl methyl sites for hydroxylation is 1. The predicted octanol–water partition coefficient (Wildman–Crippen LogP) is 1.40. The lowest BCUT2D eigenvalue weighted by atomic mass is 10.3. The van der Waals surface area contributed by atoms with Crippen molar-refractivity contribution in [3.05, 3.63) is 39.3 Å². The maximum atomic E-state index is 11.0. The molecule has 1 aromatic rings. The highest BCUT2D eigenvalue weighted by molar-refractivity contribution is 6.30. The molecule has 10 heavy (non-hydrogen) atoms. The van der Waals surface area contributed by atoms with Gasteiger partial charge < -0.3 is 0 Å². The van der Waals surface area contributed by atoms with Gasteiger partial charge in [-0.15, -0.1) is 0 Å². The van der Waals surface area contributed by atoms with Crippen LogP contribution in [-0.4, -0.2) is 4.98 Å². The normalized spacial score (nSPS) is 9.40. The number of hydrogen-bond acceptors (Lipinski definition) is 2. The van der Waals surface area contributed by atoms with E-state index in [-0.39, 0.29) is 10.5 Å². The van der Waals surface area contributed by atoms with Crippen LogP contribution in [0.3, 0.4) is 0 Å². The van der Waals surface area contributed by atoms with E-state index >= 15 is 0 Å². The molecule has 1 heterocycles. The van der Waals surface area contributed by atoms with Gasteiger partial charge in [-0.25, -0.2) is 0 Å². The van der Waals surface area contributed by atoms with Crippen molar-refractivity contribution < 1.29 is 0 Å². The molecule has 0 saturated heterocycles. The maximum Gasteiger partial charge on any atom is 0.201 e. The average molecular weight is 156 g/mol. The van der Waals surface area contributed by atoms with Gasteiger partial charge in [0, 0.05) is 18.0 Å². The van der Waals surface area contributed by atoms with E-state index in [2.05, 4.69) is 4.98 Å². The van der Waals surface area contributed by atoms with Crippen LogP contribution in [0.15, 0.2) is 23.3 Å². The summed E-state index contributed by atoms with van der Waals surface area (Å²) in [5, 5.41) is 0.218. The first-order valence-electron chi connectivity index (χ1n) is 2.82. The van der Waals surface area contributed by atoms with E-state index in [4.69, 9.17) is 11.6 Å². The topological polar surface area (TPSA) is 30.0 Å². The highest BCUT2D eigenvalue weighted by atomic mass is 35.5. The van der Waals surface area contributed by atoms with E-state index in [1.165, 1.54) is 18.5 Å². The van der Waals surface area contributed by atoms with Crippen molar-refractivity contribution in [2.75, 3.05) is 0 Å². The van der Waals surface area contributed by atoms with E-state index in [0.29, 0.717) is 5.56 Å². The molecule has 3 heteroatoms. The summed E-state index contributed by atoms with van der Waals surface area (Å²) >= 11 is 5.55. The SMILES string of the molecule is Cc1cnccc(Cl)c1=O. The Morgan fingerprint density at radius 1 is 1.60 bits per heavy atom. The fraction of sp³-hybridized carbons (Fsp3) is 0.143. The van der Waals surface area contributed by atoms with Gasteiger partial charge in [0.15, 0.2) is 0 Å². The van der Waals surface area contributed by atoms with E-state index in [1.807, 2.05) is 0 Å². The lowest BCUT2D eigenvalue weighted by Gasteiger charge is -1.78. The van der Waals surface area contributed by atoms with E-state index in [1.54, 1.807) is 6.92 Å². The first kappa shape index (κ1) is 7.22. The molecular formula is C7H6ClNO. The predicted molar refractivity (Wildman–Crippen MR) is 40.3 cm³/mol. The summed E-state index contributed by atoms with van der Waals surface area (Å²) in [6.07, 6.45) is 2.99. The van der Waals surface area contributed by atoms with Gasteiger partial charge >= 0.3 is 0 Å². The van der Waals surface area contributed by atoms with E-state index in [9.17, 15) is 4.79 Å². The van der Waals surface area contributed by atoms with Gasteiger partial charge in [-0.2, -0.15) is 0 Å². The highest BCUT2D eigenvalue weighted by Crippen LogP contribution is 1.97. The van der Waals surface area contributed by atoms with Crippen LogP contribution in [-0.2, 0) is 0 Å². The molecule has 2 nitrogen and oxygen atoms in total.